The van der Waals surface area contributed by atoms with E-state index in [1.807, 2.05) is 24.3 Å². The van der Waals surface area contributed by atoms with Gasteiger partial charge in [-0.1, -0.05) is 38.3 Å². The van der Waals surface area contributed by atoms with Crippen molar-refractivity contribution in [1.29, 1.82) is 0 Å². The van der Waals surface area contributed by atoms with E-state index in [1.165, 1.54) is 32.1 Å². The van der Waals surface area contributed by atoms with Crippen LogP contribution in [0, 0.1) is 5.92 Å². The molecule has 3 nitrogen and oxygen atoms in total. The normalized spacial score (nSPS) is 19.1. The quantitative estimate of drug-likeness (QED) is 0.839. The smallest absolute Gasteiger partial charge is 0.134 e. The number of para-hydroxylation sites is 1. The summed E-state index contributed by atoms with van der Waals surface area (Å²) in [6.07, 6.45) is 6.51. The average molecular weight is 309 g/mol. The second-order valence-electron chi connectivity index (χ2n) is 5.73. The van der Waals surface area contributed by atoms with Crippen molar-refractivity contribution in [3.63, 3.8) is 0 Å². The maximum Gasteiger partial charge on any atom is 0.134 e. The Kier molecular flexibility index (Phi) is 6.71. The molecule has 0 amide bonds. The topological polar surface area (TPSA) is 38.3 Å². The molecule has 1 N–H and O–H groups in total. The Morgan fingerprint density at radius 3 is 2.67 bits per heavy atom. The van der Waals surface area contributed by atoms with E-state index in [4.69, 9.17) is 4.74 Å². The lowest BCUT2D eigenvalue weighted by Crippen LogP contribution is -2.41. The van der Waals surface area contributed by atoms with Gasteiger partial charge in [-0.15, -0.1) is 0 Å². The van der Waals surface area contributed by atoms with Gasteiger partial charge in [0.2, 0.25) is 0 Å². The molecule has 1 fully saturated rings. The highest BCUT2D eigenvalue weighted by Crippen LogP contribution is 2.29. The minimum atomic E-state index is -1.02. The van der Waals surface area contributed by atoms with Crippen LogP contribution < -0.4 is 10.1 Å². The van der Waals surface area contributed by atoms with Crippen molar-refractivity contribution in [3.8, 4) is 5.75 Å². The molecule has 1 aliphatic carbocycles. The zero-order valence-electron chi connectivity index (χ0n) is 13.1. The summed E-state index contributed by atoms with van der Waals surface area (Å²) in [5, 5.41) is 3.56. The fraction of sp³-hybridized carbons (Fsp3) is 0.647. The third kappa shape index (κ3) is 4.55. The standard InChI is InChI=1S/C17H27NO2S/c1-3-18-15(14-9-5-4-6-10-14)13-21(19)17-12-8-7-11-16(17)20-2/h7-8,11-12,14-15,18H,3-6,9-10,13H2,1-2H3. The highest BCUT2D eigenvalue weighted by Gasteiger charge is 2.25. The average Bonchev–Trinajstić information content (AvgIpc) is 2.55. The molecule has 118 valence electrons. The van der Waals surface area contributed by atoms with Crippen LogP contribution in [0.2, 0.25) is 0 Å². The van der Waals surface area contributed by atoms with Crippen LogP contribution in [0.25, 0.3) is 0 Å². The van der Waals surface area contributed by atoms with Gasteiger partial charge in [0, 0.05) is 11.8 Å². The molecule has 21 heavy (non-hydrogen) atoms. The second-order valence-corrected chi connectivity index (χ2v) is 7.19. The van der Waals surface area contributed by atoms with E-state index >= 15 is 0 Å². The second kappa shape index (κ2) is 8.54. The zero-order valence-corrected chi connectivity index (χ0v) is 14.0. The Balaban J connectivity index is 2.06. The molecular formula is C17H27NO2S. The Bertz CT molecular complexity index is 458. The molecule has 0 aliphatic heterocycles. The van der Waals surface area contributed by atoms with Crippen LogP contribution >= 0.6 is 0 Å². The predicted molar refractivity (Wildman–Crippen MR) is 88.3 cm³/mol. The molecule has 0 saturated heterocycles. The van der Waals surface area contributed by atoms with Crippen molar-refractivity contribution in [3.05, 3.63) is 24.3 Å². The molecule has 1 aromatic rings. The molecule has 2 atom stereocenters. The van der Waals surface area contributed by atoms with Gasteiger partial charge in [-0.05, 0) is 37.4 Å². The maximum absolute atomic E-state index is 12.7. The largest absolute Gasteiger partial charge is 0.495 e. The molecule has 1 aliphatic rings. The lowest BCUT2D eigenvalue weighted by Gasteiger charge is -2.30. The Hall–Kier alpha value is -0.870. The minimum Gasteiger partial charge on any atom is -0.495 e. The van der Waals surface area contributed by atoms with Gasteiger partial charge in [-0.2, -0.15) is 0 Å². The predicted octanol–water partition coefficient (Wildman–Crippen LogP) is 3.36. The van der Waals surface area contributed by atoms with Crippen molar-refractivity contribution in [1.82, 2.24) is 5.32 Å². The number of rotatable bonds is 7. The van der Waals surface area contributed by atoms with Crippen molar-refractivity contribution >= 4 is 10.8 Å². The van der Waals surface area contributed by atoms with Crippen LogP contribution in [0.5, 0.6) is 5.75 Å². The number of nitrogens with one attached hydrogen (secondary N) is 1. The summed E-state index contributed by atoms with van der Waals surface area (Å²) in [5.74, 6) is 2.07. The van der Waals surface area contributed by atoms with E-state index in [-0.39, 0.29) is 0 Å². The van der Waals surface area contributed by atoms with Gasteiger partial charge in [0.05, 0.1) is 22.8 Å². The molecule has 0 heterocycles. The van der Waals surface area contributed by atoms with E-state index in [1.54, 1.807) is 7.11 Å². The third-order valence-electron chi connectivity index (χ3n) is 4.33. The summed E-state index contributed by atoms with van der Waals surface area (Å²) < 4.78 is 18.1. The maximum atomic E-state index is 12.7. The first-order valence-electron chi connectivity index (χ1n) is 8.01. The summed E-state index contributed by atoms with van der Waals surface area (Å²) in [7, 11) is 0.622. The summed E-state index contributed by atoms with van der Waals surface area (Å²) in [4.78, 5) is 0.818. The summed E-state index contributed by atoms with van der Waals surface area (Å²) in [6.45, 7) is 3.06. The van der Waals surface area contributed by atoms with E-state index < -0.39 is 10.8 Å². The molecular weight excluding hydrogens is 282 g/mol. The number of benzene rings is 1. The number of hydrogen-bond acceptors (Lipinski definition) is 3. The van der Waals surface area contributed by atoms with Gasteiger partial charge < -0.3 is 10.1 Å². The molecule has 0 spiro atoms. The fourth-order valence-corrected chi connectivity index (χ4v) is 4.72. The first-order chi connectivity index (χ1) is 10.3. The molecule has 0 bridgehead atoms. The molecule has 1 aromatic carbocycles. The number of hydrogen-bond donors (Lipinski definition) is 1. The minimum absolute atomic E-state index is 0.348. The molecule has 0 radical (unpaired) electrons. The summed E-state index contributed by atoms with van der Waals surface area (Å²) >= 11 is 0. The lowest BCUT2D eigenvalue weighted by molar-refractivity contribution is 0.287. The highest BCUT2D eigenvalue weighted by molar-refractivity contribution is 7.85. The fourth-order valence-electron chi connectivity index (χ4n) is 3.22. The van der Waals surface area contributed by atoms with Crippen molar-refractivity contribution < 1.29 is 8.95 Å². The molecule has 1 saturated carbocycles. The van der Waals surface area contributed by atoms with Gasteiger partial charge >= 0.3 is 0 Å². The Morgan fingerprint density at radius 1 is 1.29 bits per heavy atom. The van der Waals surface area contributed by atoms with E-state index in [2.05, 4.69) is 12.2 Å². The van der Waals surface area contributed by atoms with Crippen LogP contribution in [0.3, 0.4) is 0 Å². The van der Waals surface area contributed by atoms with E-state index in [0.717, 1.165) is 17.2 Å². The summed E-state index contributed by atoms with van der Waals surface area (Å²) in [5.41, 5.74) is 0. The van der Waals surface area contributed by atoms with Gasteiger partial charge in [-0.3, -0.25) is 4.21 Å². The van der Waals surface area contributed by atoms with Crippen LogP contribution in [-0.4, -0.2) is 29.7 Å². The zero-order chi connectivity index (χ0) is 15.1. The van der Waals surface area contributed by atoms with Crippen molar-refractivity contribution in [2.24, 2.45) is 5.92 Å². The monoisotopic (exact) mass is 309 g/mol. The Labute approximate surface area is 130 Å². The van der Waals surface area contributed by atoms with Crippen molar-refractivity contribution in [2.45, 2.75) is 50.0 Å². The van der Waals surface area contributed by atoms with E-state index in [9.17, 15) is 4.21 Å². The molecule has 0 aromatic heterocycles. The summed E-state index contributed by atoms with van der Waals surface area (Å²) in [6, 6.07) is 8.00. The van der Waals surface area contributed by atoms with Crippen LogP contribution in [0.1, 0.15) is 39.0 Å². The van der Waals surface area contributed by atoms with E-state index in [0.29, 0.717) is 17.7 Å². The van der Waals surface area contributed by atoms with Crippen LogP contribution in [0.15, 0.2) is 29.2 Å². The van der Waals surface area contributed by atoms with Gasteiger partial charge in [0.25, 0.3) is 0 Å². The van der Waals surface area contributed by atoms with Gasteiger partial charge in [0.15, 0.2) is 0 Å². The molecule has 2 unspecified atom stereocenters. The Morgan fingerprint density at radius 2 is 2.00 bits per heavy atom. The molecule has 2 rings (SSSR count). The molecule has 4 heteroatoms. The highest BCUT2D eigenvalue weighted by atomic mass is 32.2. The van der Waals surface area contributed by atoms with Gasteiger partial charge in [0.1, 0.15) is 5.75 Å². The number of ether oxygens (including phenoxy) is 1. The van der Waals surface area contributed by atoms with Gasteiger partial charge in [-0.25, -0.2) is 0 Å². The lowest BCUT2D eigenvalue weighted by atomic mass is 9.84. The van der Waals surface area contributed by atoms with Crippen LogP contribution in [0.4, 0.5) is 0 Å². The van der Waals surface area contributed by atoms with Crippen LogP contribution in [-0.2, 0) is 10.8 Å². The third-order valence-corrected chi connectivity index (χ3v) is 5.82. The first kappa shape index (κ1) is 16.5. The van der Waals surface area contributed by atoms with Crippen molar-refractivity contribution in [2.75, 3.05) is 19.4 Å². The SMILES string of the molecule is CCNC(CS(=O)c1ccccc1OC)C1CCCCC1. The number of methoxy groups -OCH3 is 1. The first-order valence-corrected chi connectivity index (χ1v) is 9.33.